The zero-order valence-corrected chi connectivity index (χ0v) is 16.0. The second kappa shape index (κ2) is 9.93. The van der Waals surface area contributed by atoms with E-state index in [9.17, 15) is 4.79 Å². The summed E-state index contributed by atoms with van der Waals surface area (Å²) >= 11 is 0. The van der Waals surface area contributed by atoms with E-state index in [1.165, 1.54) is 37.7 Å². The van der Waals surface area contributed by atoms with Crippen LogP contribution in [0.2, 0.25) is 0 Å². The van der Waals surface area contributed by atoms with Gasteiger partial charge in [-0.3, -0.25) is 9.69 Å². The topological polar surface area (TPSA) is 53.6 Å². The molecular formula is C21H33N3O2. The predicted octanol–water partition coefficient (Wildman–Crippen LogP) is 2.73. The number of amides is 1. The molecule has 1 unspecified atom stereocenters. The molecular weight excluding hydrogens is 326 g/mol. The van der Waals surface area contributed by atoms with Crippen molar-refractivity contribution in [2.75, 3.05) is 39.8 Å². The van der Waals surface area contributed by atoms with Crippen LogP contribution in [0.4, 0.5) is 0 Å². The summed E-state index contributed by atoms with van der Waals surface area (Å²) in [7, 11) is 1.72. The molecule has 3 rings (SSSR count). The van der Waals surface area contributed by atoms with Crippen LogP contribution in [0.15, 0.2) is 24.3 Å². The largest absolute Gasteiger partial charge is 0.496 e. The maximum absolute atomic E-state index is 12.3. The number of para-hydroxylation sites is 1. The highest BCUT2D eigenvalue weighted by Gasteiger charge is 2.26. The molecule has 1 heterocycles. The van der Waals surface area contributed by atoms with Crippen molar-refractivity contribution in [2.45, 2.75) is 44.6 Å². The number of benzene rings is 1. The summed E-state index contributed by atoms with van der Waals surface area (Å²) in [6.07, 6.45) is 7.11. The fourth-order valence-electron chi connectivity index (χ4n) is 4.25. The number of nitrogens with zero attached hydrogens (tertiary/aromatic N) is 1. The van der Waals surface area contributed by atoms with Crippen molar-refractivity contribution in [1.82, 2.24) is 15.5 Å². The smallest absolute Gasteiger partial charge is 0.221 e. The van der Waals surface area contributed by atoms with Crippen LogP contribution in [0.1, 0.15) is 50.1 Å². The van der Waals surface area contributed by atoms with Gasteiger partial charge in [0.2, 0.25) is 5.91 Å². The number of nitrogens with one attached hydrogen (secondary N) is 2. The zero-order valence-electron chi connectivity index (χ0n) is 16.0. The molecule has 144 valence electrons. The lowest BCUT2D eigenvalue weighted by Gasteiger charge is -2.37. The monoisotopic (exact) mass is 359 g/mol. The molecule has 26 heavy (non-hydrogen) atoms. The van der Waals surface area contributed by atoms with Gasteiger partial charge < -0.3 is 15.4 Å². The molecule has 1 saturated carbocycles. The van der Waals surface area contributed by atoms with Crippen molar-refractivity contribution in [3.05, 3.63) is 29.8 Å². The Morgan fingerprint density at radius 3 is 2.88 bits per heavy atom. The van der Waals surface area contributed by atoms with Crippen LogP contribution in [0.5, 0.6) is 5.75 Å². The Hall–Kier alpha value is -1.59. The first kappa shape index (κ1) is 19.2. The fraction of sp³-hybridized carbons (Fsp3) is 0.667. The molecule has 1 aliphatic carbocycles. The highest BCUT2D eigenvalue weighted by atomic mass is 16.5. The minimum atomic E-state index is 0.188. The number of ether oxygens (including phenoxy) is 1. The molecule has 2 N–H and O–H groups in total. The minimum Gasteiger partial charge on any atom is -0.496 e. The Morgan fingerprint density at radius 2 is 2.08 bits per heavy atom. The first-order valence-electron chi connectivity index (χ1n) is 10.1. The summed E-state index contributed by atoms with van der Waals surface area (Å²) in [6, 6.07) is 8.46. The molecule has 1 amide bonds. The Balaban J connectivity index is 1.51. The second-order valence-corrected chi connectivity index (χ2v) is 7.56. The Labute approximate surface area is 157 Å². The number of carbonyl (C=O) groups is 1. The van der Waals surface area contributed by atoms with Gasteiger partial charge in [0.25, 0.3) is 0 Å². The molecule has 0 radical (unpaired) electrons. The number of methoxy groups -OCH3 is 1. The van der Waals surface area contributed by atoms with E-state index in [0.717, 1.165) is 38.5 Å². The third kappa shape index (κ3) is 5.21. The van der Waals surface area contributed by atoms with Gasteiger partial charge in [0.15, 0.2) is 0 Å². The third-order valence-corrected chi connectivity index (χ3v) is 5.79. The lowest BCUT2D eigenvalue weighted by molar-refractivity contribution is -0.121. The van der Waals surface area contributed by atoms with E-state index < -0.39 is 0 Å². The molecule has 2 aliphatic rings. The predicted molar refractivity (Wildman–Crippen MR) is 104 cm³/mol. The number of hydrogen-bond acceptors (Lipinski definition) is 4. The summed E-state index contributed by atoms with van der Waals surface area (Å²) in [4.78, 5) is 14.7. The molecule has 0 aromatic heterocycles. The van der Waals surface area contributed by atoms with Crippen molar-refractivity contribution >= 4 is 5.91 Å². The van der Waals surface area contributed by atoms with Gasteiger partial charge in [-0.05, 0) is 24.8 Å². The van der Waals surface area contributed by atoms with Crippen molar-refractivity contribution in [2.24, 2.45) is 5.92 Å². The maximum Gasteiger partial charge on any atom is 0.221 e. The van der Waals surface area contributed by atoms with Crippen LogP contribution in [-0.2, 0) is 4.79 Å². The molecule has 5 heteroatoms. The maximum atomic E-state index is 12.3. The average molecular weight is 360 g/mol. The SMILES string of the molecule is COc1ccccc1C1CNCCN1CCC(=O)NCC1CCCCC1. The van der Waals surface area contributed by atoms with Crippen molar-refractivity contribution < 1.29 is 9.53 Å². The molecule has 1 aromatic carbocycles. The Kier molecular flexibility index (Phi) is 7.32. The molecule has 2 fully saturated rings. The normalized spacial score (nSPS) is 22.1. The third-order valence-electron chi connectivity index (χ3n) is 5.79. The molecule has 0 spiro atoms. The van der Waals surface area contributed by atoms with Crippen LogP contribution in [-0.4, -0.2) is 50.6 Å². The van der Waals surface area contributed by atoms with E-state index in [1.54, 1.807) is 7.11 Å². The Bertz CT molecular complexity index is 572. The van der Waals surface area contributed by atoms with E-state index in [4.69, 9.17) is 4.74 Å². The van der Waals surface area contributed by atoms with Crippen LogP contribution in [0.3, 0.4) is 0 Å². The standard InChI is InChI=1S/C21H33N3O2/c1-26-20-10-6-5-9-18(20)19-16-22-12-14-24(19)13-11-21(25)23-15-17-7-3-2-4-8-17/h5-6,9-10,17,19,22H,2-4,7-8,11-16H2,1H3,(H,23,25). The summed E-state index contributed by atoms with van der Waals surface area (Å²) in [5.74, 6) is 1.80. The first-order valence-corrected chi connectivity index (χ1v) is 10.1. The van der Waals surface area contributed by atoms with E-state index in [-0.39, 0.29) is 11.9 Å². The molecule has 1 saturated heterocycles. The highest BCUT2D eigenvalue weighted by Crippen LogP contribution is 2.30. The molecule has 1 atom stereocenters. The summed E-state index contributed by atoms with van der Waals surface area (Å²) in [5.41, 5.74) is 1.20. The molecule has 1 aromatic rings. The molecule has 5 nitrogen and oxygen atoms in total. The van der Waals surface area contributed by atoms with Crippen molar-refractivity contribution in [3.63, 3.8) is 0 Å². The number of carbonyl (C=O) groups excluding carboxylic acids is 1. The second-order valence-electron chi connectivity index (χ2n) is 7.56. The fourth-order valence-corrected chi connectivity index (χ4v) is 4.25. The summed E-state index contributed by atoms with van der Waals surface area (Å²) in [6.45, 7) is 4.47. The average Bonchev–Trinajstić information content (AvgIpc) is 2.71. The van der Waals surface area contributed by atoms with Crippen LogP contribution >= 0.6 is 0 Å². The summed E-state index contributed by atoms with van der Waals surface area (Å²) in [5, 5.41) is 6.64. The minimum absolute atomic E-state index is 0.188. The van der Waals surface area contributed by atoms with Gasteiger partial charge >= 0.3 is 0 Å². The molecule has 0 bridgehead atoms. The number of piperazine rings is 1. The zero-order chi connectivity index (χ0) is 18.2. The van der Waals surface area contributed by atoms with Gasteiger partial charge in [0.1, 0.15) is 5.75 Å². The van der Waals surface area contributed by atoms with Gasteiger partial charge in [-0.25, -0.2) is 0 Å². The van der Waals surface area contributed by atoms with Gasteiger partial charge in [-0.1, -0.05) is 37.5 Å². The van der Waals surface area contributed by atoms with Gasteiger partial charge in [-0.2, -0.15) is 0 Å². The van der Waals surface area contributed by atoms with Crippen molar-refractivity contribution in [1.29, 1.82) is 0 Å². The van der Waals surface area contributed by atoms with E-state index in [1.807, 2.05) is 12.1 Å². The number of rotatable bonds is 7. The van der Waals surface area contributed by atoms with Crippen LogP contribution in [0.25, 0.3) is 0 Å². The number of hydrogen-bond donors (Lipinski definition) is 2. The van der Waals surface area contributed by atoms with Gasteiger partial charge in [0.05, 0.1) is 13.2 Å². The van der Waals surface area contributed by atoms with Crippen LogP contribution < -0.4 is 15.4 Å². The van der Waals surface area contributed by atoms with Crippen LogP contribution in [0, 0.1) is 5.92 Å². The molecule has 1 aliphatic heterocycles. The Morgan fingerprint density at radius 1 is 1.27 bits per heavy atom. The quantitative estimate of drug-likeness (QED) is 0.786. The van der Waals surface area contributed by atoms with Gasteiger partial charge in [-0.15, -0.1) is 0 Å². The van der Waals surface area contributed by atoms with E-state index in [0.29, 0.717) is 12.3 Å². The lowest BCUT2D eigenvalue weighted by Crippen LogP contribution is -2.47. The first-order chi connectivity index (χ1) is 12.8. The van der Waals surface area contributed by atoms with E-state index in [2.05, 4.69) is 27.7 Å². The van der Waals surface area contributed by atoms with Gasteiger partial charge in [0, 0.05) is 44.7 Å². The van der Waals surface area contributed by atoms with Crippen molar-refractivity contribution in [3.8, 4) is 5.75 Å². The lowest BCUT2D eigenvalue weighted by atomic mass is 9.89. The van der Waals surface area contributed by atoms with E-state index >= 15 is 0 Å². The highest BCUT2D eigenvalue weighted by molar-refractivity contribution is 5.76. The summed E-state index contributed by atoms with van der Waals surface area (Å²) < 4.78 is 5.54.